The molecule has 0 atom stereocenters. The normalized spacial score (nSPS) is 11.3. The van der Waals surface area contributed by atoms with Gasteiger partial charge in [-0.05, 0) is 48.9 Å². The van der Waals surface area contributed by atoms with Crippen LogP contribution in [0.4, 0.5) is 5.69 Å². The number of nitrogens with one attached hydrogen (secondary N) is 3. The highest BCUT2D eigenvalue weighted by molar-refractivity contribution is 7.15. The van der Waals surface area contributed by atoms with E-state index in [1.165, 1.54) is 10.4 Å². The SMILES string of the molecule is C=C(Cc1ccccc1)Nc1cncc(-c2ccc3[nH]nc(-c4nc5c(-c6ccc(C)s6)nccc5[nH]4)c3n2)c1. The summed E-state index contributed by atoms with van der Waals surface area (Å²) in [6, 6.07) is 22.3. The Morgan fingerprint density at radius 3 is 2.65 bits per heavy atom. The number of hydrogen-bond donors (Lipinski definition) is 3. The van der Waals surface area contributed by atoms with E-state index in [-0.39, 0.29) is 0 Å². The molecule has 0 unspecified atom stereocenters. The van der Waals surface area contributed by atoms with Crippen molar-refractivity contribution < 1.29 is 0 Å². The smallest absolute Gasteiger partial charge is 0.161 e. The highest BCUT2D eigenvalue weighted by Crippen LogP contribution is 2.33. The zero-order chi connectivity index (χ0) is 27.1. The fourth-order valence-corrected chi connectivity index (χ4v) is 5.62. The zero-order valence-corrected chi connectivity index (χ0v) is 22.5. The number of aryl methyl sites for hydroxylation is 1. The van der Waals surface area contributed by atoms with Gasteiger partial charge < -0.3 is 10.3 Å². The van der Waals surface area contributed by atoms with E-state index in [9.17, 15) is 0 Å². The average molecular weight is 541 g/mol. The molecular formula is C31H24N8S. The van der Waals surface area contributed by atoms with E-state index < -0.39 is 0 Å². The van der Waals surface area contributed by atoms with Crippen molar-refractivity contribution in [1.29, 1.82) is 0 Å². The van der Waals surface area contributed by atoms with Crippen LogP contribution in [-0.2, 0) is 6.42 Å². The number of pyridine rings is 3. The summed E-state index contributed by atoms with van der Waals surface area (Å²) in [6.45, 7) is 6.28. The van der Waals surface area contributed by atoms with Gasteiger partial charge in [0.15, 0.2) is 11.5 Å². The fraction of sp³-hybridized carbons (Fsp3) is 0.0645. The van der Waals surface area contributed by atoms with Crippen molar-refractivity contribution in [3.8, 4) is 33.3 Å². The topological polar surface area (TPSA) is 108 Å². The molecule has 1 aromatic carbocycles. The van der Waals surface area contributed by atoms with Gasteiger partial charge in [0.1, 0.15) is 16.7 Å². The molecule has 0 spiro atoms. The lowest BCUT2D eigenvalue weighted by Crippen LogP contribution is -2.02. The van der Waals surface area contributed by atoms with Gasteiger partial charge in [-0.15, -0.1) is 11.3 Å². The largest absolute Gasteiger partial charge is 0.358 e. The summed E-state index contributed by atoms with van der Waals surface area (Å²) in [5.74, 6) is 0.638. The minimum Gasteiger partial charge on any atom is -0.358 e. The molecule has 3 N–H and O–H groups in total. The third-order valence-corrected chi connectivity index (χ3v) is 7.63. The Balaban J connectivity index is 1.21. The molecule has 7 rings (SSSR count). The highest BCUT2D eigenvalue weighted by Gasteiger charge is 2.18. The van der Waals surface area contributed by atoms with E-state index in [0.717, 1.165) is 61.7 Å². The maximum absolute atomic E-state index is 4.97. The average Bonchev–Trinajstić information content (AvgIpc) is 3.71. The van der Waals surface area contributed by atoms with Gasteiger partial charge in [0.2, 0.25) is 0 Å². The molecule has 8 nitrogen and oxygen atoms in total. The van der Waals surface area contributed by atoms with E-state index in [1.807, 2.05) is 42.5 Å². The number of aromatic amines is 2. The Morgan fingerprint density at radius 2 is 1.80 bits per heavy atom. The minimum atomic E-state index is 0.638. The highest BCUT2D eigenvalue weighted by atomic mass is 32.1. The molecule has 0 fully saturated rings. The summed E-state index contributed by atoms with van der Waals surface area (Å²) in [5, 5.41) is 11.0. The summed E-state index contributed by atoms with van der Waals surface area (Å²) >= 11 is 1.70. The fourth-order valence-electron chi connectivity index (χ4n) is 4.75. The van der Waals surface area contributed by atoms with Crippen LogP contribution in [0.5, 0.6) is 0 Å². The summed E-state index contributed by atoms with van der Waals surface area (Å²) in [7, 11) is 0. The van der Waals surface area contributed by atoms with Crippen LogP contribution in [0, 0.1) is 6.92 Å². The van der Waals surface area contributed by atoms with Gasteiger partial charge in [-0.3, -0.25) is 15.1 Å². The third kappa shape index (κ3) is 4.52. The van der Waals surface area contributed by atoms with Gasteiger partial charge in [0.25, 0.3) is 0 Å². The lowest BCUT2D eigenvalue weighted by atomic mass is 10.1. The van der Waals surface area contributed by atoms with Gasteiger partial charge in [-0.2, -0.15) is 5.10 Å². The molecule has 0 aliphatic rings. The van der Waals surface area contributed by atoms with Crippen LogP contribution in [0.1, 0.15) is 10.4 Å². The van der Waals surface area contributed by atoms with Crippen molar-refractivity contribution in [2.45, 2.75) is 13.3 Å². The number of aromatic nitrogens is 7. The van der Waals surface area contributed by atoms with E-state index in [1.54, 1.807) is 29.9 Å². The summed E-state index contributed by atoms with van der Waals surface area (Å²) in [4.78, 5) is 24.7. The maximum atomic E-state index is 4.97. The Kier molecular flexibility index (Phi) is 5.90. The summed E-state index contributed by atoms with van der Waals surface area (Å²) in [5.41, 5.74) is 9.38. The first kappa shape index (κ1) is 23.9. The first-order chi connectivity index (χ1) is 19.6. The number of rotatable bonds is 7. The second-order valence-corrected chi connectivity index (χ2v) is 10.9. The number of H-pyrrole nitrogens is 2. The molecule has 40 heavy (non-hydrogen) atoms. The quantitative estimate of drug-likeness (QED) is 0.198. The predicted octanol–water partition coefficient (Wildman–Crippen LogP) is 7.16. The van der Waals surface area contributed by atoms with Crippen LogP contribution >= 0.6 is 11.3 Å². The van der Waals surface area contributed by atoms with Crippen LogP contribution < -0.4 is 5.32 Å². The number of imidazole rings is 1. The van der Waals surface area contributed by atoms with Crippen LogP contribution in [0.3, 0.4) is 0 Å². The van der Waals surface area contributed by atoms with Crippen LogP contribution in [0.25, 0.3) is 55.4 Å². The van der Waals surface area contributed by atoms with Crippen LogP contribution in [-0.4, -0.2) is 35.1 Å². The predicted molar refractivity (Wildman–Crippen MR) is 161 cm³/mol. The number of anilines is 1. The van der Waals surface area contributed by atoms with Gasteiger partial charge in [0, 0.05) is 35.0 Å². The molecule has 7 aromatic rings. The molecule has 6 aromatic heterocycles. The van der Waals surface area contributed by atoms with E-state index in [4.69, 9.17) is 9.97 Å². The van der Waals surface area contributed by atoms with Crippen molar-refractivity contribution in [3.63, 3.8) is 0 Å². The van der Waals surface area contributed by atoms with Crippen LogP contribution in [0.15, 0.2) is 97.6 Å². The van der Waals surface area contributed by atoms with E-state index >= 15 is 0 Å². The number of thiophene rings is 1. The molecule has 0 aliphatic carbocycles. The van der Waals surface area contributed by atoms with Gasteiger partial charge in [0.05, 0.1) is 33.5 Å². The number of fused-ring (bicyclic) bond motifs is 2. The van der Waals surface area contributed by atoms with Crippen molar-refractivity contribution in [2.75, 3.05) is 5.32 Å². The molecule has 0 amide bonds. The molecule has 194 valence electrons. The van der Waals surface area contributed by atoms with Gasteiger partial charge in [-0.25, -0.2) is 9.97 Å². The Morgan fingerprint density at radius 1 is 0.925 bits per heavy atom. The minimum absolute atomic E-state index is 0.638. The zero-order valence-electron chi connectivity index (χ0n) is 21.6. The van der Waals surface area contributed by atoms with Crippen LogP contribution in [0.2, 0.25) is 0 Å². The van der Waals surface area contributed by atoms with Crippen molar-refractivity contribution in [2.24, 2.45) is 0 Å². The van der Waals surface area contributed by atoms with Gasteiger partial charge in [-0.1, -0.05) is 36.9 Å². The molecule has 0 saturated heterocycles. The number of hydrogen-bond acceptors (Lipinski definition) is 7. The monoisotopic (exact) mass is 540 g/mol. The van der Waals surface area contributed by atoms with E-state index in [0.29, 0.717) is 11.5 Å². The molecule has 0 saturated carbocycles. The van der Waals surface area contributed by atoms with Crippen molar-refractivity contribution in [3.05, 3.63) is 108 Å². The first-order valence-electron chi connectivity index (χ1n) is 12.8. The van der Waals surface area contributed by atoms with Crippen molar-refractivity contribution in [1.82, 2.24) is 35.1 Å². The third-order valence-electron chi connectivity index (χ3n) is 6.62. The molecule has 0 aliphatic heterocycles. The molecule has 0 bridgehead atoms. The van der Waals surface area contributed by atoms with Gasteiger partial charge >= 0.3 is 0 Å². The second kappa shape index (κ2) is 9.87. The number of benzene rings is 1. The summed E-state index contributed by atoms with van der Waals surface area (Å²) < 4.78 is 0. The molecule has 9 heteroatoms. The Hall–Kier alpha value is -5.15. The Bertz CT molecular complexity index is 2000. The first-order valence-corrected chi connectivity index (χ1v) is 13.6. The maximum Gasteiger partial charge on any atom is 0.161 e. The van der Waals surface area contributed by atoms with E-state index in [2.05, 4.69) is 68.2 Å². The summed E-state index contributed by atoms with van der Waals surface area (Å²) in [6.07, 6.45) is 6.13. The lowest BCUT2D eigenvalue weighted by molar-refractivity contribution is 1.10. The molecule has 6 heterocycles. The molecule has 0 radical (unpaired) electrons. The Labute approximate surface area is 233 Å². The number of allylic oxidation sites excluding steroid dienone is 1. The molecular weight excluding hydrogens is 516 g/mol. The van der Waals surface area contributed by atoms with Crippen molar-refractivity contribution >= 4 is 39.1 Å². The second-order valence-electron chi connectivity index (χ2n) is 9.57. The lowest BCUT2D eigenvalue weighted by Gasteiger charge is -2.11. The standard InChI is InChI=1S/C31H24N8S/c1-18(14-20-6-4-3-5-7-20)34-22-15-21(16-32-17-22)23-9-10-25-28(35-23)30(39-38-25)31-36-24-12-13-33-29(27(24)37-31)26-11-8-19(2)40-26/h3-13,15-17,34H,1,14H2,2H3,(H,36,37)(H,38,39). The number of nitrogens with zero attached hydrogens (tertiary/aromatic N) is 5.